The molecule has 1 heterocycles. The van der Waals surface area contributed by atoms with Crippen molar-refractivity contribution >= 4 is 16.0 Å². The van der Waals surface area contributed by atoms with E-state index >= 15 is 0 Å². The second-order valence-electron chi connectivity index (χ2n) is 4.87. The topological polar surface area (TPSA) is 92.5 Å². The molecular formula is C11H17N3O4S. The van der Waals surface area contributed by atoms with Crippen LogP contribution in [0.5, 0.6) is 0 Å². The molecule has 1 aromatic heterocycles. The molecule has 0 amide bonds. The molecule has 1 fully saturated rings. The van der Waals surface area contributed by atoms with Gasteiger partial charge in [0.25, 0.3) is 10.0 Å². The van der Waals surface area contributed by atoms with Gasteiger partial charge in [0.05, 0.1) is 0 Å². The van der Waals surface area contributed by atoms with Crippen molar-refractivity contribution < 1.29 is 18.3 Å². The smallest absolute Gasteiger partial charge is 0.318 e. The van der Waals surface area contributed by atoms with E-state index in [-0.39, 0.29) is 17.5 Å². The zero-order valence-corrected chi connectivity index (χ0v) is 11.7. The van der Waals surface area contributed by atoms with Gasteiger partial charge in [0.2, 0.25) is 0 Å². The molecule has 1 aromatic rings. The zero-order chi connectivity index (χ0) is 14.2. The van der Waals surface area contributed by atoms with Crippen molar-refractivity contribution in [3.63, 3.8) is 0 Å². The molecule has 19 heavy (non-hydrogen) atoms. The predicted octanol–water partition coefficient (Wildman–Crippen LogP) is 0.214. The normalized spacial score (nSPS) is 15.9. The van der Waals surface area contributed by atoms with Crippen LogP contribution in [0.3, 0.4) is 0 Å². The summed E-state index contributed by atoms with van der Waals surface area (Å²) in [6, 6.07) is 0. The lowest BCUT2D eigenvalue weighted by Gasteiger charge is -2.18. The highest BCUT2D eigenvalue weighted by atomic mass is 32.2. The van der Waals surface area contributed by atoms with Crippen molar-refractivity contribution in [3.05, 3.63) is 12.0 Å². The molecule has 0 aliphatic heterocycles. The summed E-state index contributed by atoms with van der Waals surface area (Å²) in [7, 11) is -2.13. The predicted molar refractivity (Wildman–Crippen MR) is 67.1 cm³/mol. The second-order valence-corrected chi connectivity index (χ2v) is 6.76. The van der Waals surface area contributed by atoms with Gasteiger partial charge in [-0.05, 0) is 25.7 Å². The van der Waals surface area contributed by atoms with E-state index in [0.717, 1.165) is 17.1 Å². The van der Waals surface area contributed by atoms with Crippen LogP contribution >= 0.6 is 0 Å². The van der Waals surface area contributed by atoms with Crippen LogP contribution < -0.4 is 0 Å². The Balaban J connectivity index is 2.29. The molecular weight excluding hydrogens is 270 g/mol. The molecule has 7 nitrogen and oxygen atoms in total. The number of hydrogen-bond acceptors (Lipinski definition) is 4. The molecule has 0 bridgehead atoms. The third kappa shape index (κ3) is 3.13. The number of carboxylic acid groups (broad SMARTS) is 1. The van der Waals surface area contributed by atoms with Gasteiger partial charge in [0, 0.05) is 19.8 Å². The lowest BCUT2D eigenvalue weighted by molar-refractivity contribution is -0.137. The largest absolute Gasteiger partial charge is 0.480 e. The Morgan fingerprint density at radius 3 is 2.63 bits per heavy atom. The lowest BCUT2D eigenvalue weighted by Crippen LogP contribution is -2.37. The number of rotatable bonds is 6. The van der Waals surface area contributed by atoms with Crippen LogP contribution in [0.25, 0.3) is 0 Å². The molecule has 0 atom stereocenters. The van der Waals surface area contributed by atoms with Gasteiger partial charge in [0.1, 0.15) is 12.4 Å². The maximum absolute atomic E-state index is 12.4. The minimum Gasteiger partial charge on any atom is -0.480 e. The van der Waals surface area contributed by atoms with Gasteiger partial charge in [-0.1, -0.05) is 0 Å². The van der Waals surface area contributed by atoms with Gasteiger partial charge in [-0.15, -0.1) is 0 Å². The van der Waals surface area contributed by atoms with E-state index < -0.39 is 22.5 Å². The molecule has 0 radical (unpaired) electrons. The fourth-order valence-electron chi connectivity index (χ4n) is 1.77. The van der Waals surface area contributed by atoms with Crippen LogP contribution in [0.2, 0.25) is 0 Å². The lowest BCUT2D eigenvalue weighted by atomic mass is 10.4. The SMILES string of the molecule is Cc1nc(S(=O)(=O)N(CC(=O)O)CC2CC2)cn1C. The summed E-state index contributed by atoms with van der Waals surface area (Å²) in [5.41, 5.74) is 0. The zero-order valence-electron chi connectivity index (χ0n) is 10.9. The van der Waals surface area contributed by atoms with Crippen molar-refractivity contribution in [3.8, 4) is 0 Å². The van der Waals surface area contributed by atoms with Crippen LogP contribution in [-0.2, 0) is 21.9 Å². The number of aromatic nitrogens is 2. The summed E-state index contributed by atoms with van der Waals surface area (Å²) >= 11 is 0. The van der Waals surface area contributed by atoms with Crippen LogP contribution in [0.1, 0.15) is 18.7 Å². The average molecular weight is 287 g/mol. The minimum atomic E-state index is -3.83. The van der Waals surface area contributed by atoms with Crippen molar-refractivity contribution in [2.45, 2.75) is 24.8 Å². The molecule has 2 rings (SSSR count). The van der Waals surface area contributed by atoms with Crippen molar-refractivity contribution in [2.24, 2.45) is 13.0 Å². The molecule has 106 valence electrons. The van der Waals surface area contributed by atoms with Crippen LogP contribution in [0.15, 0.2) is 11.2 Å². The van der Waals surface area contributed by atoms with Gasteiger partial charge in [-0.2, -0.15) is 4.31 Å². The molecule has 0 aromatic carbocycles. The molecule has 0 unspecified atom stereocenters. The number of imidazole rings is 1. The first-order chi connectivity index (χ1) is 8.80. The van der Waals surface area contributed by atoms with Crippen LogP contribution in [0, 0.1) is 12.8 Å². The number of hydrogen-bond donors (Lipinski definition) is 1. The molecule has 0 saturated heterocycles. The maximum Gasteiger partial charge on any atom is 0.318 e. The van der Waals surface area contributed by atoms with Crippen molar-refractivity contribution in [1.82, 2.24) is 13.9 Å². The Kier molecular flexibility index (Phi) is 3.64. The van der Waals surface area contributed by atoms with Crippen LogP contribution in [0.4, 0.5) is 0 Å². The molecule has 0 spiro atoms. The number of aryl methyl sites for hydroxylation is 2. The Labute approximate surface area is 111 Å². The standard InChI is InChI=1S/C11H17N3O4S/c1-8-12-10(6-13(8)2)19(17,18)14(7-11(15)16)5-9-3-4-9/h6,9H,3-5,7H2,1-2H3,(H,15,16). The summed E-state index contributed by atoms with van der Waals surface area (Å²) < 4.78 is 27.4. The maximum atomic E-state index is 12.4. The fourth-order valence-corrected chi connectivity index (χ4v) is 3.26. The molecule has 1 saturated carbocycles. The van der Waals surface area contributed by atoms with Crippen LogP contribution in [-0.4, -0.2) is 46.4 Å². The number of carboxylic acids is 1. The quantitative estimate of drug-likeness (QED) is 0.807. The summed E-state index contributed by atoms with van der Waals surface area (Å²) in [4.78, 5) is 14.8. The second kappa shape index (κ2) is 4.93. The Morgan fingerprint density at radius 2 is 2.21 bits per heavy atom. The van der Waals surface area contributed by atoms with Crippen molar-refractivity contribution in [1.29, 1.82) is 0 Å². The van der Waals surface area contributed by atoms with E-state index in [1.165, 1.54) is 6.20 Å². The average Bonchev–Trinajstić information content (AvgIpc) is 3.04. The first-order valence-corrected chi connectivity index (χ1v) is 7.46. The highest BCUT2D eigenvalue weighted by Gasteiger charge is 2.34. The first-order valence-electron chi connectivity index (χ1n) is 6.02. The summed E-state index contributed by atoms with van der Waals surface area (Å²) in [5.74, 6) is -0.309. The first kappa shape index (κ1) is 14.0. The van der Waals surface area contributed by atoms with Gasteiger partial charge in [0.15, 0.2) is 5.03 Å². The van der Waals surface area contributed by atoms with E-state index in [1.54, 1.807) is 18.5 Å². The minimum absolute atomic E-state index is 0.0885. The van der Waals surface area contributed by atoms with Gasteiger partial charge >= 0.3 is 5.97 Å². The fraction of sp³-hybridized carbons (Fsp3) is 0.636. The third-order valence-corrected chi connectivity index (χ3v) is 4.84. The number of nitrogens with zero attached hydrogens (tertiary/aromatic N) is 3. The summed E-state index contributed by atoms with van der Waals surface area (Å²) in [5, 5.41) is 8.77. The molecule has 1 N–H and O–H groups in total. The van der Waals surface area contributed by atoms with Gasteiger partial charge < -0.3 is 9.67 Å². The Morgan fingerprint density at radius 1 is 1.58 bits per heavy atom. The Hall–Kier alpha value is -1.41. The number of aliphatic carboxylic acids is 1. The van der Waals surface area contributed by atoms with E-state index in [0.29, 0.717) is 5.82 Å². The van der Waals surface area contributed by atoms with E-state index in [9.17, 15) is 13.2 Å². The highest BCUT2D eigenvalue weighted by molar-refractivity contribution is 7.89. The summed E-state index contributed by atoms with van der Waals surface area (Å²) in [6.45, 7) is 1.43. The molecule has 8 heteroatoms. The highest BCUT2D eigenvalue weighted by Crippen LogP contribution is 2.31. The number of carbonyl (C=O) groups is 1. The van der Waals surface area contributed by atoms with Crippen molar-refractivity contribution in [2.75, 3.05) is 13.1 Å². The monoisotopic (exact) mass is 287 g/mol. The Bertz CT molecular complexity index is 570. The van der Waals surface area contributed by atoms with E-state index in [4.69, 9.17) is 5.11 Å². The summed E-state index contributed by atoms with van der Waals surface area (Å²) in [6.07, 6.45) is 3.31. The molecule has 1 aliphatic rings. The van der Waals surface area contributed by atoms with E-state index in [2.05, 4.69) is 4.98 Å². The van der Waals surface area contributed by atoms with Gasteiger partial charge in [-0.3, -0.25) is 4.79 Å². The van der Waals surface area contributed by atoms with E-state index in [1.807, 2.05) is 0 Å². The number of sulfonamides is 1. The molecule has 1 aliphatic carbocycles. The third-order valence-electron chi connectivity index (χ3n) is 3.16. The van der Waals surface area contributed by atoms with Gasteiger partial charge in [-0.25, -0.2) is 13.4 Å².